The van der Waals surface area contributed by atoms with Crippen molar-refractivity contribution in [3.63, 3.8) is 0 Å². The van der Waals surface area contributed by atoms with Crippen molar-refractivity contribution in [2.45, 2.75) is 37.9 Å². The molecule has 1 saturated carbocycles. The molecule has 0 aromatic carbocycles. The van der Waals surface area contributed by atoms with E-state index in [1.807, 2.05) is 0 Å². The first-order valence-electron chi connectivity index (χ1n) is 6.13. The standard InChI is InChI=1S/C11H20N2O5/c14-9(10(15)16)7-13-11(17)12-5-6-18-8-3-1-2-4-8/h8-9,14H,1-7H2,(H,15,16)(H2,12,13,17). The first-order chi connectivity index (χ1) is 8.59. The lowest BCUT2D eigenvalue weighted by Crippen LogP contribution is -2.43. The number of rotatable bonds is 7. The van der Waals surface area contributed by atoms with Crippen LogP contribution in [0.3, 0.4) is 0 Å². The number of carboxylic acid groups (broad SMARTS) is 1. The molecule has 2 amide bonds. The van der Waals surface area contributed by atoms with E-state index in [1.165, 1.54) is 12.8 Å². The van der Waals surface area contributed by atoms with Gasteiger partial charge in [-0.3, -0.25) is 0 Å². The monoisotopic (exact) mass is 260 g/mol. The fraction of sp³-hybridized carbons (Fsp3) is 0.818. The number of aliphatic carboxylic acids is 1. The molecule has 0 saturated heterocycles. The van der Waals surface area contributed by atoms with Gasteiger partial charge in [0, 0.05) is 6.54 Å². The predicted molar refractivity (Wildman–Crippen MR) is 63.3 cm³/mol. The van der Waals surface area contributed by atoms with Gasteiger partial charge in [0.05, 0.1) is 19.3 Å². The molecule has 1 aliphatic carbocycles. The van der Waals surface area contributed by atoms with Gasteiger partial charge in [-0.05, 0) is 12.8 Å². The van der Waals surface area contributed by atoms with Crippen molar-refractivity contribution in [2.75, 3.05) is 19.7 Å². The molecule has 1 unspecified atom stereocenters. The first-order valence-corrected chi connectivity index (χ1v) is 6.13. The van der Waals surface area contributed by atoms with Crippen LogP contribution in [0.4, 0.5) is 4.79 Å². The smallest absolute Gasteiger partial charge is 0.334 e. The Labute approximate surface area is 106 Å². The minimum atomic E-state index is -1.58. The van der Waals surface area contributed by atoms with Crippen LogP contribution < -0.4 is 10.6 Å². The molecule has 104 valence electrons. The third-order valence-electron chi connectivity index (χ3n) is 2.78. The van der Waals surface area contributed by atoms with Gasteiger partial charge in [0.15, 0.2) is 6.10 Å². The van der Waals surface area contributed by atoms with Gasteiger partial charge in [0.25, 0.3) is 0 Å². The summed E-state index contributed by atoms with van der Waals surface area (Å²) >= 11 is 0. The quantitative estimate of drug-likeness (QED) is 0.470. The van der Waals surface area contributed by atoms with E-state index in [1.54, 1.807) is 0 Å². The number of carboxylic acids is 1. The van der Waals surface area contributed by atoms with Gasteiger partial charge in [0.1, 0.15) is 0 Å². The lowest BCUT2D eigenvalue weighted by Gasteiger charge is -2.12. The van der Waals surface area contributed by atoms with Crippen LogP contribution in [0.25, 0.3) is 0 Å². The van der Waals surface area contributed by atoms with Crippen LogP contribution in [0.2, 0.25) is 0 Å². The SMILES string of the molecule is O=C(NCCOC1CCCC1)NCC(O)C(=O)O. The zero-order valence-corrected chi connectivity index (χ0v) is 10.2. The third-order valence-corrected chi connectivity index (χ3v) is 2.78. The Hall–Kier alpha value is -1.34. The normalized spacial score (nSPS) is 17.4. The number of urea groups is 1. The number of carbonyl (C=O) groups is 2. The van der Waals surface area contributed by atoms with Crippen LogP contribution in [0, 0.1) is 0 Å². The highest BCUT2D eigenvalue weighted by atomic mass is 16.5. The highest BCUT2D eigenvalue weighted by Gasteiger charge is 2.15. The van der Waals surface area contributed by atoms with Crippen LogP contribution in [0.15, 0.2) is 0 Å². The van der Waals surface area contributed by atoms with Crippen molar-refractivity contribution in [3.05, 3.63) is 0 Å². The average molecular weight is 260 g/mol. The number of ether oxygens (including phenoxy) is 1. The van der Waals surface area contributed by atoms with Gasteiger partial charge in [-0.2, -0.15) is 0 Å². The lowest BCUT2D eigenvalue weighted by atomic mass is 10.3. The third kappa shape index (κ3) is 5.83. The van der Waals surface area contributed by atoms with E-state index in [2.05, 4.69) is 10.6 Å². The molecule has 1 fully saturated rings. The molecule has 7 heteroatoms. The number of aliphatic hydroxyl groups excluding tert-OH is 1. The molecule has 0 aromatic heterocycles. The van der Waals surface area contributed by atoms with Crippen molar-refractivity contribution in [1.29, 1.82) is 0 Å². The highest BCUT2D eigenvalue weighted by Crippen LogP contribution is 2.20. The largest absolute Gasteiger partial charge is 0.479 e. The molecule has 0 radical (unpaired) electrons. The summed E-state index contributed by atoms with van der Waals surface area (Å²) in [4.78, 5) is 21.5. The second kappa shape index (κ2) is 7.88. The molecule has 4 N–H and O–H groups in total. The Morgan fingerprint density at radius 3 is 2.56 bits per heavy atom. The second-order valence-electron chi connectivity index (χ2n) is 4.27. The topological polar surface area (TPSA) is 108 Å². The molecule has 1 aliphatic rings. The van der Waals surface area contributed by atoms with Crippen LogP contribution in [0.1, 0.15) is 25.7 Å². The number of aliphatic hydroxyl groups is 1. The summed E-state index contributed by atoms with van der Waals surface area (Å²) in [5.41, 5.74) is 0. The fourth-order valence-electron chi connectivity index (χ4n) is 1.78. The Balaban J connectivity index is 1.97. The average Bonchev–Trinajstić information content (AvgIpc) is 2.84. The number of amides is 2. The Bertz CT molecular complexity index is 279. The molecular weight excluding hydrogens is 240 g/mol. The summed E-state index contributed by atoms with van der Waals surface area (Å²) < 4.78 is 5.53. The minimum absolute atomic E-state index is 0.309. The summed E-state index contributed by atoms with van der Waals surface area (Å²) in [6.07, 6.45) is 3.29. The molecule has 0 aromatic rings. The Morgan fingerprint density at radius 2 is 1.94 bits per heavy atom. The molecular formula is C11H20N2O5. The van der Waals surface area contributed by atoms with Crippen LogP contribution in [-0.2, 0) is 9.53 Å². The molecule has 18 heavy (non-hydrogen) atoms. The lowest BCUT2D eigenvalue weighted by molar-refractivity contribution is -0.146. The predicted octanol–water partition coefficient (Wildman–Crippen LogP) is -0.310. The number of carbonyl (C=O) groups excluding carboxylic acids is 1. The summed E-state index contributed by atoms with van der Waals surface area (Å²) in [7, 11) is 0. The van der Waals surface area contributed by atoms with Crippen molar-refractivity contribution in [2.24, 2.45) is 0 Å². The molecule has 0 spiro atoms. The van der Waals surface area contributed by atoms with E-state index in [4.69, 9.17) is 14.9 Å². The Morgan fingerprint density at radius 1 is 1.28 bits per heavy atom. The van der Waals surface area contributed by atoms with Gasteiger partial charge < -0.3 is 25.6 Å². The maximum Gasteiger partial charge on any atom is 0.334 e. The van der Waals surface area contributed by atoms with E-state index in [0.29, 0.717) is 19.3 Å². The second-order valence-corrected chi connectivity index (χ2v) is 4.27. The highest BCUT2D eigenvalue weighted by molar-refractivity contribution is 5.76. The first kappa shape index (κ1) is 14.7. The molecule has 0 bridgehead atoms. The van der Waals surface area contributed by atoms with Crippen molar-refractivity contribution >= 4 is 12.0 Å². The van der Waals surface area contributed by atoms with E-state index in [0.717, 1.165) is 12.8 Å². The number of hydrogen-bond donors (Lipinski definition) is 4. The van der Waals surface area contributed by atoms with Gasteiger partial charge >= 0.3 is 12.0 Å². The van der Waals surface area contributed by atoms with Crippen molar-refractivity contribution in [3.8, 4) is 0 Å². The van der Waals surface area contributed by atoms with E-state index < -0.39 is 18.1 Å². The van der Waals surface area contributed by atoms with E-state index in [-0.39, 0.29) is 6.54 Å². The Kier molecular flexibility index (Phi) is 6.45. The van der Waals surface area contributed by atoms with Crippen LogP contribution >= 0.6 is 0 Å². The number of hydrogen-bond acceptors (Lipinski definition) is 4. The maximum atomic E-state index is 11.2. The summed E-state index contributed by atoms with van der Waals surface area (Å²) in [5.74, 6) is -1.36. The maximum absolute atomic E-state index is 11.2. The fourth-order valence-corrected chi connectivity index (χ4v) is 1.78. The van der Waals surface area contributed by atoms with Crippen LogP contribution in [-0.4, -0.2) is 54.1 Å². The van der Waals surface area contributed by atoms with Crippen LogP contribution in [0.5, 0.6) is 0 Å². The summed E-state index contributed by atoms with van der Waals surface area (Å²) in [6.45, 7) is 0.496. The molecule has 7 nitrogen and oxygen atoms in total. The van der Waals surface area contributed by atoms with Gasteiger partial charge in [0.2, 0.25) is 0 Å². The molecule has 0 aliphatic heterocycles. The zero-order valence-electron chi connectivity index (χ0n) is 10.2. The van der Waals surface area contributed by atoms with E-state index in [9.17, 15) is 9.59 Å². The van der Waals surface area contributed by atoms with Crippen molar-refractivity contribution < 1.29 is 24.5 Å². The van der Waals surface area contributed by atoms with Crippen molar-refractivity contribution in [1.82, 2.24) is 10.6 Å². The molecule has 1 atom stereocenters. The van der Waals surface area contributed by atoms with E-state index >= 15 is 0 Å². The molecule has 1 rings (SSSR count). The zero-order chi connectivity index (χ0) is 13.4. The summed E-state index contributed by atoms with van der Waals surface area (Å²) in [6, 6.07) is -0.509. The molecule has 0 heterocycles. The minimum Gasteiger partial charge on any atom is -0.479 e. The number of nitrogens with one attached hydrogen (secondary N) is 2. The van der Waals surface area contributed by atoms with Gasteiger partial charge in [-0.15, -0.1) is 0 Å². The van der Waals surface area contributed by atoms with Gasteiger partial charge in [-0.25, -0.2) is 9.59 Å². The summed E-state index contributed by atoms with van der Waals surface area (Å²) in [5, 5.41) is 22.1. The van der Waals surface area contributed by atoms with Gasteiger partial charge in [-0.1, -0.05) is 12.8 Å².